The van der Waals surface area contributed by atoms with Crippen LogP contribution < -0.4 is 16.6 Å². The van der Waals surface area contributed by atoms with E-state index in [0.29, 0.717) is 23.8 Å². The van der Waals surface area contributed by atoms with E-state index in [9.17, 15) is 4.79 Å². The molecule has 0 aromatic rings. The van der Waals surface area contributed by atoms with E-state index in [2.05, 4.69) is 31.6 Å². The highest BCUT2D eigenvalue weighted by Crippen LogP contribution is 2.35. The molecule has 1 rings (SSSR count). The van der Waals surface area contributed by atoms with Gasteiger partial charge in [0.05, 0.1) is 0 Å². The summed E-state index contributed by atoms with van der Waals surface area (Å²) in [4.78, 5) is 10.6. The highest BCUT2D eigenvalue weighted by Gasteiger charge is 2.34. The zero-order valence-corrected chi connectivity index (χ0v) is 9.21. The minimum Gasteiger partial charge on any atom is -0.351 e. The summed E-state index contributed by atoms with van der Waals surface area (Å²) < 4.78 is 0. The molecule has 0 aromatic heterocycles. The van der Waals surface area contributed by atoms with Crippen LogP contribution in [0.4, 0.5) is 4.79 Å². The Hall–Kier alpha value is -0.770. The van der Waals surface area contributed by atoms with Crippen molar-refractivity contribution in [3.05, 3.63) is 0 Å². The molecule has 14 heavy (non-hydrogen) atoms. The highest BCUT2D eigenvalue weighted by molar-refractivity contribution is 5.70. The summed E-state index contributed by atoms with van der Waals surface area (Å²) in [7, 11) is 0. The van der Waals surface area contributed by atoms with E-state index in [1.165, 1.54) is 12.8 Å². The molecule has 0 bridgehead atoms. The fourth-order valence-corrected chi connectivity index (χ4v) is 2.39. The first-order valence-corrected chi connectivity index (χ1v) is 5.33. The average Bonchev–Trinajstić information content (AvgIpc) is 2.43. The Labute approximate surface area is 85.6 Å². The molecule has 1 fully saturated rings. The van der Waals surface area contributed by atoms with Gasteiger partial charge in [-0.05, 0) is 30.6 Å². The summed E-state index contributed by atoms with van der Waals surface area (Å²) in [6, 6.07) is -0.144. The molecule has 0 aromatic carbocycles. The van der Waals surface area contributed by atoms with Crippen LogP contribution in [-0.2, 0) is 0 Å². The number of hydrazine groups is 1. The van der Waals surface area contributed by atoms with Crippen molar-refractivity contribution >= 4 is 6.03 Å². The van der Waals surface area contributed by atoms with Crippen LogP contribution in [0.15, 0.2) is 0 Å². The van der Waals surface area contributed by atoms with E-state index in [1.54, 1.807) is 0 Å². The van der Waals surface area contributed by atoms with Gasteiger partial charge in [-0.25, -0.2) is 10.2 Å². The molecule has 1 saturated carbocycles. The van der Waals surface area contributed by atoms with E-state index >= 15 is 0 Å². The van der Waals surface area contributed by atoms with Gasteiger partial charge in [0.1, 0.15) is 0 Å². The molecule has 3 unspecified atom stereocenters. The van der Waals surface area contributed by atoms with Crippen molar-refractivity contribution in [1.29, 1.82) is 0 Å². The van der Waals surface area contributed by atoms with Crippen LogP contribution in [0, 0.1) is 17.8 Å². The monoisotopic (exact) mass is 199 g/mol. The topological polar surface area (TPSA) is 67.2 Å². The molecule has 4 nitrogen and oxygen atoms in total. The Bertz CT molecular complexity index is 206. The molecule has 4 N–H and O–H groups in total. The van der Waals surface area contributed by atoms with Crippen LogP contribution in [0.3, 0.4) is 0 Å². The summed E-state index contributed by atoms with van der Waals surface area (Å²) in [5, 5.41) is 0. The third-order valence-electron chi connectivity index (χ3n) is 3.25. The maximum absolute atomic E-state index is 10.6. The highest BCUT2D eigenvalue weighted by atomic mass is 16.2. The Kier molecular flexibility index (Phi) is 3.75. The third-order valence-corrected chi connectivity index (χ3v) is 3.25. The Morgan fingerprint density at radius 3 is 2.57 bits per heavy atom. The quantitative estimate of drug-likeness (QED) is 0.598. The van der Waals surface area contributed by atoms with Crippen LogP contribution in [-0.4, -0.2) is 12.1 Å². The predicted octanol–water partition coefficient (Wildman–Crippen LogP) is 1.23. The molecule has 2 amide bonds. The Balaban J connectivity index is 2.49. The summed E-state index contributed by atoms with van der Waals surface area (Å²) >= 11 is 0. The molecule has 4 heteroatoms. The number of nitrogens with two attached hydrogens (primary N) is 1. The van der Waals surface area contributed by atoms with Gasteiger partial charge in [0.25, 0.3) is 0 Å². The van der Waals surface area contributed by atoms with Crippen LogP contribution in [0.2, 0.25) is 0 Å². The minimum atomic E-state index is -0.508. The van der Waals surface area contributed by atoms with E-state index in [-0.39, 0.29) is 0 Å². The zero-order valence-electron chi connectivity index (χ0n) is 9.21. The summed E-state index contributed by atoms with van der Waals surface area (Å²) in [5.74, 6) is 1.89. The maximum Gasteiger partial charge on any atom is 0.326 e. The van der Waals surface area contributed by atoms with Crippen molar-refractivity contribution in [2.45, 2.75) is 39.7 Å². The maximum atomic E-state index is 10.6. The van der Waals surface area contributed by atoms with Crippen molar-refractivity contribution in [1.82, 2.24) is 10.9 Å². The van der Waals surface area contributed by atoms with Gasteiger partial charge < -0.3 is 5.73 Å². The van der Waals surface area contributed by atoms with Crippen LogP contribution in [0.5, 0.6) is 0 Å². The summed E-state index contributed by atoms with van der Waals surface area (Å²) in [5.41, 5.74) is 10.6. The molecule has 1 aliphatic rings. The number of primary amides is 1. The van der Waals surface area contributed by atoms with E-state index < -0.39 is 6.03 Å². The van der Waals surface area contributed by atoms with Crippen LogP contribution in [0.1, 0.15) is 33.6 Å². The SMILES string of the molecule is CC(C)C1CCC(C)C1NNC(N)=O. The van der Waals surface area contributed by atoms with Crippen LogP contribution >= 0.6 is 0 Å². The smallest absolute Gasteiger partial charge is 0.326 e. The Morgan fingerprint density at radius 2 is 2.07 bits per heavy atom. The van der Waals surface area contributed by atoms with Gasteiger partial charge in [0, 0.05) is 6.04 Å². The lowest BCUT2D eigenvalue weighted by atomic mass is 9.89. The first-order chi connectivity index (χ1) is 6.52. The number of amides is 2. The van der Waals surface area contributed by atoms with Gasteiger partial charge >= 0.3 is 6.03 Å². The average molecular weight is 199 g/mol. The second-order valence-electron chi connectivity index (χ2n) is 4.62. The minimum absolute atomic E-state index is 0.363. The first kappa shape index (κ1) is 11.3. The first-order valence-electron chi connectivity index (χ1n) is 5.33. The van der Waals surface area contributed by atoms with Gasteiger partial charge in [0.15, 0.2) is 0 Å². The van der Waals surface area contributed by atoms with Gasteiger partial charge in [-0.15, -0.1) is 0 Å². The predicted molar refractivity (Wildman–Crippen MR) is 56.4 cm³/mol. The standard InChI is InChI=1S/C10H21N3O/c1-6(2)8-5-4-7(3)9(8)12-13-10(11)14/h6-9,12H,4-5H2,1-3H3,(H3,11,13,14). The van der Waals surface area contributed by atoms with Gasteiger partial charge in [-0.1, -0.05) is 20.8 Å². The lowest BCUT2D eigenvalue weighted by molar-refractivity contribution is 0.226. The second-order valence-corrected chi connectivity index (χ2v) is 4.62. The van der Waals surface area contributed by atoms with Crippen molar-refractivity contribution in [3.63, 3.8) is 0 Å². The van der Waals surface area contributed by atoms with Crippen molar-refractivity contribution in [3.8, 4) is 0 Å². The van der Waals surface area contributed by atoms with Crippen LogP contribution in [0.25, 0.3) is 0 Å². The molecule has 0 heterocycles. The van der Waals surface area contributed by atoms with E-state index in [1.807, 2.05) is 0 Å². The third kappa shape index (κ3) is 2.61. The molecule has 0 aliphatic heterocycles. The molecule has 1 aliphatic carbocycles. The lowest BCUT2D eigenvalue weighted by Crippen LogP contribution is -2.50. The van der Waals surface area contributed by atoms with Gasteiger partial charge in [0.2, 0.25) is 0 Å². The van der Waals surface area contributed by atoms with Crippen molar-refractivity contribution in [2.75, 3.05) is 0 Å². The number of hydrogen-bond acceptors (Lipinski definition) is 2. The molecule has 3 atom stereocenters. The fourth-order valence-electron chi connectivity index (χ4n) is 2.39. The largest absolute Gasteiger partial charge is 0.351 e. The van der Waals surface area contributed by atoms with E-state index in [0.717, 1.165) is 0 Å². The van der Waals surface area contributed by atoms with Gasteiger partial charge in [-0.3, -0.25) is 5.43 Å². The second kappa shape index (κ2) is 4.64. The lowest BCUT2D eigenvalue weighted by Gasteiger charge is -2.26. The number of carbonyl (C=O) groups excluding carboxylic acids is 1. The number of rotatable bonds is 3. The zero-order chi connectivity index (χ0) is 10.7. The molecule has 82 valence electrons. The number of hydrogen-bond donors (Lipinski definition) is 3. The summed E-state index contributed by atoms with van der Waals surface area (Å²) in [6.45, 7) is 6.66. The molecule has 0 spiro atoms. The normalized spacial score (nSPS) is 32.1. The number of nitrogens with one attached hydrogen (secondary N) is 2. The fraction of sp³-hybridized carbons (Fsp3) is 0.900. The van der Waals surface area contributed by atoms with Crippen molar-refractivity contribution in [2.24, 2.45) is 23.5 Å². The molecule has 0 saturated heterocycles. The summed E-state index contributed by atoms with van der Waals surface area (Å²) in [6.07, 6.45) is 2.46. The van der Waals surface area contributed by atoms with Crippen molar-refractivity contribution < 1.29 is 4.79 Å². The Morgan fingerprint density at radius 1 is 1.43 bits per heavy atom. The number of urea groups is 1. The molecular weight excluding hydrogens is 178 g/mol. The van der Waals surface area contributed by atoms with E-state index in [4.69, 9.17) is 5.73 Å². The number of carbonyl (C=O) groups is 1. The molecular formula is C10H21N3O. The van der Waals surface area contributed by atoms with Gasteiger partial charge in [-0.2, -0.15) is 0 Å². The molecule has 0 radical (unpaired) electrons.